The highest BCUT2D eigenvalue weighted by Gasteiger charge is 2.34. The quantitative estimate of drug-likeness (QED) is 0.514. The first-order valence-electron chi connectivity index (χ1n) is 2.65. The third-order valence-corrected chi connectivity index (χ3v) is 1.20. The van der Waals surface area contributed by atoms with Gasteiger partial charge in [-0.05, 0) is 6.92 Å². The second-order valence-electron chi connectivity index (χ2n) is 1.84. The zero-order valence-electron chi connectivity index (χ0n) is 6.17. The minimum atomic E-state index is -1.46. The fraction of sp³-hybridized carbons (Fsp3) is 0.667. The summed E-state index contributed by atoms with van der Waals surface area (Å²) in [5, 5.41) is 8.41. The number of rotatable bonds is 2. The van der Waals surface area contributed by atoms with Gasteiger partial charge in [0.15, 0.2) is 0 Å². The van der Waals surface area contributed by atoms with Crippen LogP contribution >= 0.6 is 0 Å². The molecule has 1 atom stereocenters. The zero-order valence-corrected chi connectivity index (χ0v) is 6.17. The fourth-order valence-electron chi connectivity index (χ4n) is 0.369. The van der Waals surface area contributed by atoms with E-state index in [1.807, 2.05) is 0 Å². The van der Waals surface area contributed by atoms with Crippen LogP contribution in [0.3, 0.4) is 0 Å². The smallest absolute Gasteiger partial charge is 0.352 e. The predicted octanol–water partition coefficient (Wildman–Crippen LogP) is 0.0881. The van der Waals surface area contributed by atoms with Gasteiger partial charge in [0.1, 0.15) is 6.07 Å². The lowest BCUT2D eigenvalue weighted by Gasteiger charge is -2.15. The molecule has 56 valence electrons. The zero-order chi connectivity index (χ0) is 8.20. The van der Waals surface area contributed by atoms with E-state index in [9.17, 15) is 4.79 Å². The molecule has 1 unspecified atom stereocenters. The Labute approximate surface area is 59.3 Å². The first-order valence-corrected chi connectivity index (χ1v) is 2.65. The minimum Gasteiger partial charge on any atom is -0.466 e. The molecule has 0 aromatic heterocycles. The molecule has 0 rings (SSSR count). The molecule has 10 heavy (non-hydrogen) atoms. The van der Waals surface area contributed by atoms with Gasteiger partial charge in [-0.2, -0.15) is 5.26 Å². The first kappa shape index (κ1) is 8.92. The van der Waals surface area contributed by atoms with Crippen LogP contribution in [0, 0.1) is 11.3 Å². The number of esters is 1. The van der Waals surface area contributed by atoms with E-state index in [1.54, 1.807) is 6.07 Å². The molecule has 0 fully saturated rings. The Kier molecular flexibility index (Phi) is 2.84. The van der Waals surface area contributed by atoms with Gasteiger partial charge < -0.3 is 9.47 Å². The van der Waals surface area contributed by atoms with E-state index in [0.717, 1.165) is 0 Å². The molecule has 0 aromatic rings. The Morgan fingerprint density at radius 3 is 2.20 bits per heavy atom. The molecule has 4 heteroatoms. The molecule has 0 spiro atoms. The molecule has 0 bridgehead atoms. The average molecular weight is 143 g/mol. The summed E-state index contributed by atoms with van der Waals surface area (Å²) in [5.41, 5.74) is -1.46. The van der Waals surface area contributed by atoms with Gasteiger partial charge in [-0.3, -0.25) is 0 Å². The van der Waals surface area contributed by atoms with Crippen LogP contribution in [0.4, 0.5) is 0 Å². The second kappa shape index (κ2) is 3.18. The van der Waals surface area contributed by atoms with Crippen molar-refractivity contribution in [2.75, 3.05) is 14.2 Å². The Hall–Kier alpha value is -1.08. The maximum atomic E-state index is 10.7. The van der Waals surface area contributed by atoms with Crippen LogP contribution in [0.15, 0.2) is 0 Å². The Morgan fingerprint density at radius 1 is 1.60 bits per heavy atom. The SMILES string of the molecule is COC(=O)C(C)(C#N)OC. The number of hydrogen-bond donors (Lipinski definition) is 0. The number of methoxy groups -OCH3 is 2. The lowest BCUT2D eigenvalue weighted by atomic mass is 10.1. The van der Waals surface area contributed by atoms with E-state index in [-0.39, 0.29) is 0 Å². The van der Waals surface area contributed by atoms with Crippen LogP contribution in [-0.2, 0) is 14.3 Å². The van der Waals surface area contributed by atoms with Crippen molar-refractivity contribution in [3.05, 3.63) is 0 Å². The van der Waals surface area contributed by atoms with Crippen LogP contribution in [0.5, 0.6) is 0 Å². The Morgan fingerprint density at radius 2 is 2.10 bits per heavy atom. The van der Waals surface area contributed by atoms with Gasteiger partial charge in [0.25, 0.3) is 0 Å². The van der Waals surface area contributed by atoms with Gasteiger partial charge in [0, 0.05) is 7.11 Å². The summed E-state index contributed by atoms with van der Waals surface area (Å²) < 4.78 is 8.91. The molecule has 0 amide bonds. The maximum Gasteiger partial charge on any atom is 0.352 e. The van der Waals surface area contributed by atoms with Crippen LogP contribution in [0.25, 0.3) is 0 Å². The van der Waals surface area contributed by atoms with E-state index in [1.165, 1.54) is 21.1 Å². The van der Waals surface area contributed by atoms with Gasteiger partial charge in [-0.1, -0.05) is 0 Å². The average Bonchev–Trinajstić information content (AvgIpc) is 2.01. The van der Waals surface area contributed by atoms with Crippen LogP contribution in [-0.4, -0.2) is 25.8 Å². The highest BCUT2D eigenvalue weighted by Crippen LogP contribution is 2.08. The molecule has 0 radical (unpaired) electrons. The van der Waals surface area contributed by atoms with Crippen molar-refractivity contribution in [3.63, 3.8) is 0 Å². The number of carbonyl (C=O) groups is 1. The standard InChI is InChI=1S/C6H9NO3/c1-6(4-7,10-3)5(8)9-2/h1-3H3. The number of carbonyl (C=O) groups excluding carboxylic acids is 1. The van der Waals surface area contributed by atoms with Crippen LogP contribution in [0.1, 0.15) is 6.92 Å². The molecular formula is C6H9NO3. The van der Waals surface area contributed by atoms with Gasteiger partial charge in [-0.15, -0.1) is 0 Å². The molecule has 0 aromatic carbocycles. The van der Waals surface area contributed by atoms with Crippen LogP contribution < -0.4 is 0 Å². The van der Waals surface area contributed by atoms with Crippen molar-refractivity contribution in [2.45, 2.75) is 12.5 Å². The van der Waals surface area contributed by atoms with E-state index in [0.29, 0.717) is 0 Å². The molecule has 0 saturated carbocycles. The summed E-state index contributed by atoms with van der Waals surface area (Å²) in [6.45, 7) is 1.35. The molecule has 0 aliphatic carbocycles. The third-order valence-electron chi connectivity index (χ3n) is 1.20. The molecule has 0 aliphatic rings. The van der Waals surface area contributed by atoms with Crippen LogP contribution in [0.2, 0.25) is 0 Å². The lowest BCUT2D eigenvalue weighted by Crippen LogP contribution is -2.36. The summed E-state index contributed by atoms with van der Waals surface area (Å²) in [7, 11) is 2.48. The number of hydrogen-bond acceptors (Lipinski definition) is 4. The van der Waals surface area contributed by atoms with Crippen molar-refractivity contribution < 1.29 is 14.3 Å². The minimum absolute atomic E-state index is 0.683. The Bertz CT molecular complexity index is 172. The molecule has 0 aliphatic heterocycles. The summed E-state index contributed by atoms with van der Waals surface area (Å²) in [5.74, 6) is -0.683. The number of nitrogens with zero attached hydrogens (tertiary/aromatic N) is 1. The van der Waals surface area contributed by atoms with E-state index < -0.39 is 11.6 Å². The summed E-state index contributed by atoms with van der Waals surface area (Å²) in [4.78, 5) is 10.7. The van der Waals surface area contributed by atoms with Gasteiger partial charge in [0.2, 0.25) is 5.60 Å². The predicted molar refractivity (Wildman–Crippen MR) is 33.0 cm³/mol. The van der Waals surface area contributed by atoms with Crippen molar-refractivity contribution in [3.8, 4) is 6.07 Å². The van der Waals surface area contributed by atoms with Gasteiger partial charge >= 0.3 is 5.97 Å². The number of nitriles is 1. The molecular weight excluding hydrogens is 134 g/mol. The molecule has 0 heterocycles. The highest BCUT2D eigenvalue weighted by molar-refractivity contribution is 5.82. The normalized spacial score (nSPS) is 15.0. The summed E-state index contributed by atoms with van der Waals surface area (Å²) in [6.07, 6.45) is 0. The lowest BCUT2D eigenvalue weighted by molar-refractivity contribution is -0.157. The van der Waals surface area contributed by atoms with Crippen molar-refractivity contribution in [1.29, 1.82) is 5.26 Å². The van der Waals surface area contributed by atoms with Gasteiger partial charge in [-0.25, -0.2) is 4.79 Å². The van der Waals surface area contributed by atoms with Crippen molar-refractivity contribution in [1.82, 2.24) is 0 Å². The van der Waals surface area contributed by atoms with E-state index in [4.69, 9.17) is 5.26 Å². The molecule has 0 N–H and O–H groups in total. The monoisotopic (exact) mass is 143 g/mol. The second-order valence-corrected chi connectivity index (χ2v) is 1.84. The summed E-state index contributed by atoms with van der Waals surface area (Å²) >= 11 is 0. The maximum absolute atomic E-state index is 10.7. The summed E-state index contributed by atoms with van der Waals surface area (Å²) in [6, 6.07) is 1.68. The third kappa shape index (κ3) is 1.45. The fourth-order valence-corrected chi connectivity index (χ4v) is 0.369. The van der Waals surface area contributed by atoms with Gasteiger partial charge in [0.05, 0.1) is 7.11 Å². The van der Waals surface area contributed by atoms with E-state index in [2.05, 4.69) is 9.47 Å². The largest absolute Gasteiger partial charge is 0.466 e. The van der Waals surface area contributed by atoms with Crippen molar-refractivity contribution >= 4 is 5.97 Å². The van der Waals surface area contributed by atoms with Crippen molar-refractivity contribution in [2.24, 2.45) is 0 Å². The first-order chi connectivity index (χ1) is 4.60. The van der Waals surface area contributed by atoms with E-state index >= 15 is 0 Å². The molecule has 4 nitrogen and oxygen atoms in total. The Balaban J connectivity index is 4.37. The highest BCUT2D eigenvalue weighted by atomic mass is 16.6. The topological polar surface area (TPSA) is 59.3 Å². The number of ether oxygens (including phenoxy) is 2. The molecule has 0 saturated heterocycles.